The minimum absolute atomic E-state index is 0.331. The second-order valence-electron chi connectivity index (χ2n) is 3.86. The zero-order chi connectivity index (χ0) is 12.1. The third kappa shape index (κ3) is 3.57. The Labute approximate surface area is 100 Å². The van der Waals surface area contributed by atoms with Gasteiger partial charge in [0.1, 0.15) is 0 Å². The number of ether oxygens (including phenoxy) is 1. The molecule has 0 aliphatic heterocycles. The Morgan fingerprint density at radius 2 is 2.31 bits per heavy atom. The highest BCUT2D eigenvalue weighted by atomic mass is 32.1. The Kier molecular flexibility index (Phi) is 4.89. The van der Waals surface area contributed by atoms with Crippen LogP contribution in [0.15, 0.2) is 5.38 Å². The number of aromatic nitrogens is 1. The number of rotatable bonds is 5. The van der Waals surface area contributed by atoms with Crippen molar-refractivity contribution in [1.29, 1.82) is 0 Å². The first-order valence-electron chi connectivity index (χ1n) is 5.32. The first-order valence-corrected chi connectivity index (χ1v) is 6.20. The summed E-state index contributed by atoms with van der Waals surface area (Å²) in [6.07, 6.45) is 0.858. The van der Waals surface area contributed by atoms with Crippen LogP contribution in [-0.4, -0.2) is 42.6 Å². The summed E-state index contributed by atoms with van der Waals surface area (Å²) < 4.78 is 4.89. The topological polar surface area (TPSA) is 42.4 Å². The summed E-state index contributed by atoms with van der Waals surface area (Å²) >= 11 is 1.51. The van der Waals surface area contributed by atoms with Crippen LogP contribution in [0.3, 0.4) is 0 Å². The number of carbonyl (C=O) groups excluding carboxylic acids is 1. The van der Waals surface area contributed by atoms with Crippen molar-refractivity contribution in [2.45, 2.75) is 26.3 Å². The van der Waals surface area contributed by atoms with E-state index in [9.17, 15) is 4.79 Å². The molecule has 1 atom stereocenters. The summed E-state index contributed by atoms with van der Waals surface area (Å²) in [5.41, 5.74) is 0.424. The van der Waals surface area contributed by atoms with E-state index in [0.29, 0.717) is 18.3 Å². The van der Waals surface area contributed by atoms with Gasteiger partial charge in [0.15, 0.2) is 5.69 Å². The van der Waals surface area contributed by atoms with Crippen LogP contribution in [0.2, 0.25) is 0 Å². The van der Waals surface area contributed by atoms with E-state index in [1.807, 2.05) is 14.1 Å². The standard InChI is InChI=1S/C11H18N2O2S/c1-5-15-11(14)9-7-16-10(12-9)6-8(2)13(3)4/h7-8H,5-6H2,1-4H3. The molecule has 0 radical (unpaired) electrons. The molecule has 0 spiro atoms. The Morgan fingerprint density at radius 1 is 1.62 bits per heavy atom. The van der Waals surface area contributed by atoms with Gasteiger partial charge in [-0.3, -0.25) is 0 Å². The first kappa shape index (κ1) is 13.1. The number of esters is 1. The van der Waals surface area contributed by atoms with Gasteiger partial charge in [0, 0.05) is 17.8 Å². The van der Waals surface area contributed by atoms with Crippen LogP contribution in [0.4, 0.5) is 0 Å². The maximum Gasteiger partial charge on any atom is 0.357 e. The highest BCUT2D eigenvalue weighted by molar-refractivity contribution is 7.09. The predicted molar refractivity (Wildman–Crippen MR) is 64.9 cm³/mol. The quantitative estimate of drug-likeness (QED) is 0.739. The second kappa shape index (κ2) is 5.96. The Bertz CT molecular complexity index is 350. The number of thiazole rings is 1. The molecule has 1 heterocycles. The van der Waals surface area contributed by atoms with E-state index in [1.165, 1.54) is 11.3 Å². The van der Waals surface area contributed by atoms with E-state index < -0.39 is 0 Å². The van der Waals surface area contributed by atoms with E-state index >= 15 is 0 Å². The smallest absolute Gasteiger partial charge is 0.357 e. The van der Waals surface area contributed by atoms with Crippen molar-refractivity contribution in [1.82, 2.24) is 9.88 Å². The fraction of sp³-hybridized carbons (Fsp3) is 0.636. The van der Waals surface area contributed by atoms with Crippen LogP contribution in [0.25, 0.3) is 0 Å². The van der Waals surface area contributed by atoms with Crippen molar-refractivity contribution in [2.75, 3.05) is 20.7 Å². The normalized spacial score (nSPS) is 12.8. The van der Waals surface area contributed by atoms with Crippen LogP contribution in [0.1, 0.15) is 29.3 Å². The lowest BCUT2D eigenvalue weighted by Gasteiger charge is -2.17. The number of nitrogens with zero attached hydrogens (tertiary/aromatic N) is 2. The molecule has 0 saturated carbocycles. The van der Waals surface area contributed by atoms with Crippen molar-refractivity contribution < 1.29 is 9.53 Å². The molecule has 0 aliphatic carbocycles. The van der Waals surface area contributed by atoms with E-state index in [-0.39, 0.29) is 5.97 Å². The number of likely N-dealkylation sites (N-methyl/N-ethyl adjacent to an activating group) is 1. The molecular weight excluding hydrogens is 224 g/mol. The van der Waals surface area contributed by atoms with E-state index in [0.717, 1.165) is 11.4 Å². The average Bonchev–Trinajstić information content (AvgIpc) is 2.66. The van der Waals surface area contributed by atoms with Crippen molar-refractivity contribution in [3.8, 4) is 0 Å². The molecule has 0 aliphatic rings. The highest BCUT2D eigenvalue weighted by Gasteiger charge is 2.13. The van der Waals surface area contributed by atoms with Crippen LogP contribution in [0.5, 0.6) is 0 Å². The zero-order valence-electron chi connectivity index (χ0n) is 10.2. The fourth-order valence-electron chi connectivity index (χ4n) is 1.14. The summed E-state index contributed by atoms with van der Waals surface area (Å²) in [7, 11) is 4.06. The van der Waals surface area contributed by atoms with Crippen molar-refractivity contribution in [2.24, 2.45) is 0 Å². The van der Waals surface area contributed by atoms with E-state index in [2.05, 4.69) is 16.8 Å². The number of hydrogen-bond acceptors (Lipinski definition) is 5. The van der Waals surface area contributed by atoms with Crippen molar-refractivity contribution in [3.63, 3.8) is 0 Å². The molecule has 0 fully saturated rings. The SMILES string of the molecule is CCOC(=O)c1csc(CC(C)N(C)C)n1. The molecule has 16 heavy (non-hydrogen) atoms. The molecule has 0 amide bonds. The van der Waals surface area contributed by atoms with Gasteiger partial charge >= 0.3 is 5.97 Å². The lowest BCUT2D eigenvalue weighted by molar-refractivity contribution is 0.0520. The van der Waals surface area contributed by atoms with E-state index in [4.69, 9.17) is 4.74 Å². The molecule has 0 aromatic carbocycles. The maximum absolute atomic E-state index is 11.4. The number of hydrogen-bond donors (Lipinski definition) is 0. The van der Waals surface area contributed by atoms with Crippen LogP contribution in [-0.2, 0) is 11.2 Å². The first-order chi connectivity index (χ1) is 7.54. The third-order valence-electron chi connectivity index (χ3n) is 2.39. The average molecular weight is 242 g/mol. The second-order valence-corrected chi connectivity index (χ2v) is 4.81. The van der Waals surface area contributed by atoms with Crippen LogP contribution < -0.4 is 0 Å². The summed E-state index contributed by atoms with van der Waals surface area (Å²) in [6.45, 7) is 4.31. The highest BCUT2D eigenvalue weighted by Crippen LogP contribution is 2.14. The monoisotopic (exact) mass is 242 g/mol. The number of carbonyl (C=O) groups is 1. The Morgan fingerprint density at radius 3 is 2.88 bits per heavy atom. The molecule has 1 rings (SSSR count). The Hall–Kier alpha value is -0.940. The van der Waals surface area contributed by atoms with Crippen LogP contribution >= 0.6 is 11.3 Å². The van der Waals surface area contributed by atoms with Gasteiger partial charge < -0.3 is 9.64 Å². The molecule has 4 nitrogen and oxygen atoms in total. The molecule has 90 valence electrons. The van der Waals surface area contributed by atoms with Gasteiger partial charge in [-0.1, -0.05) is 0 Å². The molecule has 1 aromatic rings. The minimum atomic E-state index is -0.331. The van der Waals surface area contributed by atoms with Crippen molar-refractivity contribution in [3.05, 3.63) is 16.1 Å². The molecule has 1 aromatic heterocycles. The van der Waals surface area contributed by atoms with Gasteiger partial charge in [0.25, 0.3) is 0 Å². The van der Waals surface area contributed by atoms with Gasteiger partial charge in [0.2, 0.25) is 0 Å². The zero-order valence-corrected chi connectivity index (χ0v) is 11.0. The third-order valence-corrected chi connectivity index (χ3v) is 3.26. The van der Waals surface area contributed by atoms with E-state index in [1.54, 1.807) is 12.3 Å². The minimum Gasteiger partial charge on any atom is -0.461 e. The fourth-order valence-corrected chi connectivity index (χ4v) is 2.02. The Balaban J connectivity index is 2.61. The lowest BCUT2D eigenvalue weighted by Crippen LogP contribution is -2.26. The van der Waals surface area contributed by atoms with Gasteiger partial charge in [-0.15, -0.1) is 11.3 Å². The van der Waals surface area contributed by atoms with Crippen molar-refractivity contribution >= 4 is 17.3 Å². The molecule has 1 unspecified atom stereocenters. The molecule has 5 heteroatoms. The largest absolute Gasteiger partial charge is 0.461 e. The van der Waals surface area contributed by atoms with Gasteiger partial charge in [0.05, 0.1) is 11.6 Å². The summed E-state index contributed by atoms with van der Waals surface area (Å²) in [5, 5.41) is 2.74. The molecule has 0 N–H and O–H groups in total. The van der Waals surface area contributed by atoms with Crippen LogP contribution in [0, 0.1) is 0 Å². The van der Waals surface area contributed by atoms with Gasteiger partial charge in [-0.05, 0) is 27.9 Å². The summed E-state index contributed by atoms with van der Waals surface area (Å²) in [5.74, 6) is -0.331. The predicted octanol–water partition coefficient (Wildman–Crippen LogP) is 1.81. The summed E-state index contributed by atoms with van der Waals surface area (Å²) in [4.78, 5) is 17.8. The molecular formula is C11H18N2O2S. The maximum atomic E-state index is 11.4. The van der Waals surface area contributed by atoms with Gasteiger partial charge in [-0.2, -0.15) is 0 Å². The summed E-state index contributed by atoms with van der Waals surface area (Å²) in [6, 6.07) is 0.418. The molecule has 0 saturated heterocycles. The lowest BCUT2D eigenvalue weighted by atomic mass is 10.2. The van der Waals surface area contributed by atoms with Gasteiger partial charge in [-0.25, -0.2) is 9.78 Å². The molecule has 0 bridgehead atoms.